The van der Waals surface area contributed by atoms with E-state index in [1.807, 2.05) is 12.4 Å². The summed E-state index contributed by atoms with van der Waals surface area (Å²) in [6, 6.07) is 5.66. The first kappa shape index (κ1) is 27.0. The van der Waals surface area contributed by atoms with Crippen LogP contribution in [0, 0.1) is 0 Å². The minimum Gasteiger partial charge on any atom is -0.379 e. The monoisotopic (exact) mass is 485 g/mol. The molecule has 198 valence electrons. The van der Waals surface area contributed by atoms with Gasteiger partial charge >= 0.3 is 0 Å². The number of hydrogen-bond donors (Lipinski definition) is 0. The van der Waals surface area contributed by atoms with E-state index in [2.05, 4.69) is 57.5 Å². The van der Waals surface area contributed by atoms with Crippen LogP contribution in [0.5, 0.6) is 0 Å². The summed E-state index contributed by atoms with van der Waals surface area (Å²) in [6.45, 7) is 19.8. The van der Waals surface area contributed by atoms with Gasteiger partial charge in [-0.15, -0.1) is 0 Å². The summed E-state index contributed by atoms with van der Waals surface area (Å²) in [5, 5.41) is 0. The lowest BCUT2D eigenvalue weighted by molar-refractivity contribution is 0.0146. The second-order valence-electron chi connectivity index (χ2n) is 11.8. The van der Waals surface area contributed by atoms with Crippen LogP contribution in [0.25, 0.3) is 0 Å². The number of likely N-dealkylation sites (tertiary alicyclic amines) is 1. The Kier molecular flexibility index (Phi) is 10.4. The van der Waals surface area contributed by atoms with E-state index in [4.69, 9.17) is 4.74 Å². The number of piperazine rings is 1. The number of rotatable bonds is 11. The number of nitrogens with zero attached hydrogens (tertiary/aromatic N) is 5. The average Bonchev–Trinajstić information content (AvgIpc) is 2.90. The van der Waals surface area contributed by atoms with Crippen LogP contribution in [0.15, 0.2) is 24.5 Å². The summed E-state index contributed by atoms with van der Waals surface area (Å²) in [4.78, 5) is 15.1. The molecule has 1 aromatic heterocycles. The maximum absolute atomic E-state index is 5.58. The first-order chi connectivity index (χ1) is 17.0. The van der Waals surface area contributed by atoms with Crippen LogP contribution >= 0.6 is 0 Å². The van der Waals surface area contributed by atoms with E-state index in [0.717, 1.165) is 52.0 Å². The highest BCUT2D eigenvalue weighted by atomic mass is 16.5. The molecule has 0 aromatic carbocycles. The average molecular weight is 486 g/mol. The molecule has 3 fully saturated rings. The van der Waals surface area contributed by atoms with Crippen molar-refractivity contribution >= 4 is 0 Å². The Morgan fingerprint density at radius 1 is 0.886 bits per heavy atom. The van der Waals surface area contributed by atoms with E-state index in [-0.39, 0.29) is 5.54 Å². The van der Waals surface area contributed by atoms with Gasteiger partial charge in [0.25, 0.3) is 0 Å². The van der Waals surface area contributed by atoms with Gasteiger partial charge in [0.15, 0.2) is 0 Å². The Balaban J connectivity index is 1.26. The van der Waals surface area contributed by atoms with Gasteiger partial charge in [0, 0.05) is 75.8 Å². The zero-order chi connectivity index (χ0) is 24.5. The number of hydrogen-bond acceptors (Lipinski definition) is 6. The molecule has 1 aromatic rings. The van der Waals surface area contributed by atoms with Gasteiger partial charge in [0.05, 0.1) is 13.2 Å². The van der Waals surface area contributed by atoms with E-state index in [1.165, 1.54) is 76.7 Å². The van der Waals surface area contributed by atoms with Gasteiger partial charge in [-0.1, -0.05) is 12.5 Å². The van der Waals surface area contributed by atoms with Crippen molar-refractivity contribution < 1.29 is 4.74 Å². The lowest BCUT2D eigenvalue weighted by Crippen LogP contribution is -2.54. The molecule has 4 heterocycles. The molecule has 4 rings (SSSR count). The van der Waals surface area contributed by atoms with Gasteiger partial charge in [-0.05, 0) is 84.0 Å². The van der Waals surface area contributed by atoms with Crippen molar-refractivity contribution in [2.45, 2.75) is 89.9 Å². The van der Waals surface area contributed by atoms with Crippen LogP contribution in [0.4, 0.5) is 0 Å². The molecule has 6 heteroatoms. The smallest absolute Gasteiger partial charge is 0.0594 e. The van der Waals surface area contributed by atoms with Crippen LogP contribution in [0.2, 0.25) is 0 Å². The lowest BCUT2D eigenvalue weighted by atomic mass is 9.89. The topological polar surface area (TPSA) is 35.1 Å². The summed E-state index contributed by atoms with van der Waals surface area (Å²) in [6.07, 6.45) is 13.3. The van der Waals surface area contributed by atoms with Gasteiger partial charge in [-0.3, -0.25) is 19.7 Å². The van der Waals surface area contributed by atoms with E-state index in [1.54, 1.807) is 0 Å². The lowest BCUT2D eigenvalue weighted by Gasteiger charge is -2.45. The molecular weight excluding hydrogens is 434 g/mol. The van der Waals surface area contributed by atoms with Gasteiger partial charge < -0.3 is 9.64 Å². The third-order valence-electron chi connectivity index (χ3n) is 8.94. The van der Waals surface area contributed by atoms with Crippen LogP contribution in [0.1, 0.15) is 71.3 Å². The van der Waals surface area contributed by atoms with Gasteiger partial charge in [0.1, 0.15) is 0 Å². The van der Waals surface area contributed by atoms with Gasteiger partial charge in [-0.25, -0.2) is 0 Å². The van der Waals surface area contributed by atoms with Crippen molar-refractivity contribution in [2.24, 2.45) is 0 Å². The minimum absolute atomic E-state index is 0.268. The highest BCUT2D eigenvalue weighted by Gasteiger charge is 2.32. The van der Waals surface area contributed by atoms with E-state index in [9.17, 15) is 0 Å². The fourth-order valence-corrected chi connectivity index (χ4v) is 6.37. The van der Waals surface area contributed by atoms with Crippen molar-refractivity contribution in [3.8, 4) is 0 Å². The quantitative estimate of drug-likeness (QED) is 0.469. The minimum atomic E-state index is 0.268. The van der Waals surface area contributed by atoms with Crippen molar-refractivity contribution in [2.75, 3.05) is 65.6 Å². The SMILES string of the molecule is CC(CCC(CCC(C)(C)N1CCN(Cc2cccnc2)CC1)N1CCCCC1)N1CCOCC1. The summed E-state index contributed by atoms with van der Waals surface area (Å²) in [5.74, 6) is 0. The second kappa shape index (κ2) is 13.5. The first-order valence-corrected chi connectivity index (χ1v) is 14.4. The fourth-order valence-electron chi connectivity index (χ4n) is 6.37. The van der Waals surface area contributed by atoms with Gasteiger partial charge in [-0.2, -0.15) is 0 Å². The maximum Gasteiger partial charge on any atom is 0.0594 e. The van der Waals surface area contributed by atoms with Gasteiger partial charge in [0.2, 0.25) is 0 Å². The zero-order valence-electron chi connectivity index (χ0n) is 22.8. The van der Waals surface area contributed by atoms with Crippen LogP contribution in [-0.4, -0.2) is 108 Å². The zero-order valence-corrected chi connectivity index (χ0v) is 22.8. The highest BCUT2D eigenvalue weighted by molar-refractivity contribution is 5.08. The molecule has 0 spiro atoms. The molecule has 3 aliphatic rings. The molecule has 0 N–H and O–H groups in total. The molecule has 2 unspecified atom stereocenters. The van der Waals surface area contributed by atoms with E-state index >= 15 is 0 Å². The summed E-state index contributed by atoms with van der Waals surface area (Å²) in [5.41, 5.74) is 1.60. The Morgan fingerprint density at radius 3 is 2.31 bits per heavy atom. The summed E-state index contributed by atoms with van der Waals surface area (Å²) >= 11 is 0. The summed E-state index contributed by atoms with van der Waals surface area (Å²) in [7, 11) is 0. The molecule has 0 saturated carbocycles. The standard InChI is InChI=1S/C29H51N5O/c1-26(32-20-22-35-23-21-32)9-10-28(33-14-5-4-6-15-33)11-12-29(2,3)34-18-16-31(17-19-34)25-27-8-7-13-30-24-27/h7-8,13,24,26,28H,4-6,9-12,14-23,25H2,1-3H3. The molecular formula is C29H51N5O. The highest BCUT2D eigenvalue weighted by Crippen LogP contribution is 2.28. The third kappa shape index (κ3) is 8.22. The predicted octanol–water partition coefficient (Wildman–Crippen LogP) is 4.11. The Labute approximate surface area is 215 Å². The number of ether oxygens (including phenoxy) is 1. The molecule has 3 aliphatic heterocycles. The molecule has 2 atom stereocenters. The summed E-state index contributed by atoms with van der Waals surface area (Å²) < 4.78 is 5.58. The van der Waals surface area contributed by atoms with E-state index in [0.29, 0.717) is 6.04 Å². The predicted molar refractivity (Wildman–Crippen MR) is 145 cm³/mol. The number of pyridine rings is 1. The van der Waals surface area contributed by atoms with Crippen molar-refractivity contribution in [3.63, 3.8) is 0 Å². The molecule has 0 radical (unpaired) electrons. The Bertz CT molecular complexity index is 709. The molecule has 3 saturated heterocycles. The number of morpholine rings is 1. The molecule has 6 nitrogen and oxygen atoms in total. The third-order valence-corrected chi connectivity index (χ3v) is 8.94. The maximum atomic E-state index is 5.58. The first-order valence-electron chi connectivity index (χ1n) is 14.4. The molecule has 0 bridgehead atoms. The van der Waals surface area contributed by atoms with Crippen LogP contribution in [0.3, 0.4) is 0 Å². The molecule has 35 heavy (non-hydrogen) atoms. The second-order valence-corrected chi connectivity index (χ2v) is 11.8. The van der Waals surface area contributed by atoms with Crippen molar-refractivity contribution in [1.29, 1.82) is 0 Å². The van der Waals surface area contributed by atoms with Crippen LogP contribution < -0.4 is 0 Å². The largest absolute Gasteiger partial charge is 0.379 e. The molecule has 0 aliphatic carbocycles. The van der Waals surface area contributed by atoms with Crippen molar-refractivity contribution in [1.82, 2.24) is 24.6 Å². The van der Waals surface area contributed by atoms with Crippen LogP contribution in [-0.2, 0) is 11.3 Å². The fraction of sp³-hybridized carbons (Fsp3) is 0.828. The van der Waals surface area contributed by atoms with E-state index < -0.39 is 0 Å². The normalized spacial score (nSPS) is 23.9. The van der Waals surface area contributed by atoms with Crippen molar-refractivity contribution in [3.05, 3.63) is 30.1 Å². The number of piperidine rings is 1. The molecule has 0 amide bonds. The number of aromatic nitrogens is 1. The Hall–Kier alpha value is -1.05. The Morgan fingerprint density at radius 2 is 1.63 bits per heavy atom.